The third-order valence-electron chi connectivity index (χ3n) is 5.37. The van der Waals surface area contributed by atoms with Gasteiger partial charge in [-0.05, 0) is 30.7 Å². The predicted octanol–water partition coefficient (Wildman–Crippen LogP) is 3.76. The first-order valence-corrected chi connectivity index (χ1v) is 9.99. The highest BCUT2D eigenvalue weighted by molar-refractivity contribution is 6.03. The average Bonchev–Trinajstić information content (AvgIpc) is 3.45. The summed E-state index contributed by atoms with van der Waals surface area (Å²) >= 11 is 0. The summed E-state index contributed by atoms with van der Waals surface area (Å²) in [4.78, 5) is 20.9. The van der Waals surface area contributed by atoms with Gasteiger partial charge in [0.15, 0.2) is 0 Å². The fraction of sp³-hybridized carbons (Fsp3) is 0.174. The van der Waals surface area contributed by atoms with Crippen LogP contribution in [-0.2, 0) is 9.53 Å². The van der Waals surface area contributed by atoms with E-state index in [0.29, 0.717) is 17.2 Å². The highest BCUT2D eigenvalue weighted by Crippen LogP contribution is 2.41. The molecule has 0 radical (unpaired) electrons. The maximum atomic E-state index is 13.3. The number of anilines is 1. The van der Waals surface area contributed by atoms with Crippen molar-refractivity contribution in [3.63, 3.8) is 0 Å². The quantitative estimate of drug-likeness (QED) is 0.482. The third-order valence-corrected chi connectivity index (χ3v) is 5.37. The number of carbonyl (C=O) groups excluding carboxylic acids is 1. The van der Waals surface area contributed by atoms with Gasteiger partial charge in [-0.25, -0.2) is 9.48 Å². The van der Waals surface area contributed by atoms with Gasteiger partial charge in [0.05, 0.1) is 25.0 Å². The summed E-state index contributed by atoms with van der Waals surface area (Å²) in [6.07, 6.45) is 3.37. The van der Waals surface area contributed by atoms with Crippen LogP contribution in [0.1, 0.15) is 24.1 Å². The van der Waals surface area contributed by atoms with Crippen LogP contribution in [0.15, 0.2) is 66.6 Å². The van der Waals surface area contributed by atoms with Gasteiger partial charge in [-0.15, -0.1) is 0 Å². The van der Waals surface area contributed by atoms with Gasteiger partial charge in [-0.2, -0.15) is 10.1 Å². The number of hydrogen-bond acceptors (Lipinski definition) is 6. The number of aromatic amines is 1. The van der Waals surface area contributed by atoms with Crippen molar-refractivity contribution in [3.05, 3.63) is 77.8 Å². The van der Waals surface area contributed by atoms with Crippen molar-refractivity contribution in [3.8, 4) is 5.75 Å². The number of aromatic nitrogens is 4. The van der Waals surface area contributed by atoms with E-state index in [1.165, 1.54) is 6.33 Å². The summed E-state index contributed by atoms with van der Waals surface area (Å²) in [5, 5.41) is 8.63. The molecule has 0 aliphatic carbocycles. The van der Waals surface area contributed by atoms with Gasteiger partial charge in [0.2, 0.25) is 5.95 Å². The number of rotatable bonds is 5. The summed E-state index contributed by atoms with van der Waals surface area (Å²) in [5.41, 5.74) is 3.79. The number of nitrogens with zero attached hydrogens (tertiary/aromatic N) is 3. The Balaban J connectivity index is 1.79. The number of esters is 1. The summed E-state index contributed by atoms with van der Waals surface area (Å²) in [5.74, 6) is 0.873. The first kappa shape index (κ1) is 18.9. The van der Waals surface area contributed by atoms with Crippen LogP contribution in [0.5, 0.6) is 5.75 Å². The van der Waals surface area contributed by atoms with Crippen LogP contribution in [0.3, 0.4) is 0 Å². The lowest BCUT2D eigenvalue weighted by atomic mass is 9.92. The number of ether oxygens (including phenoxy) is 2. The number of nitrogens with one attached hydrogen (secondary N) is 2. The monoisotopic (exact) mass is 415 g/mol. The lowest BCUT2D eigenvalue weighted by Gasteiger charge is -2.29. The van der Waals surface area contributed by atoms with Gasteiger partial charge in [-0.1, -0.05) is 30.3 Å². The minimum absolute atomic E-state index is 0.267. The second-order valence-electron chi connectivity index (χ2n) is 7.09. The van der Waals surface area contributed by atoms with Crippen LogP contribution < -0.4 is 10.1 Å². The fourth-order valence-corrected chi connectivity index (χ4v) is 3.98. The molecule has 5 rings (SSSR count). The minimum Gasteiger partial charge on any atom is -0.497 e. The third kappa shape index (κ3) is 3.13. The van der Waals surface area contributed by atoms with Crippen molar-refractivity contribution in [1.82, 2.24) is 19.7 Å². The maximum Gasteiger partial charge on any atom is 0.338 e. The molecule has 8 nitrogen and oxygen atoms in total. The molecule has 31 heavy (non-hydrogen) atoms. The molecule has 0 saturated carbocycles. The van der Waals surface area contributed by atoms with Crippen molar-refractivity contribution >= 4 is 28.5 Å². The van der Waals surface area contributed by atoms with E-state index in [9.17, 15) is 4.79 Å². The molecular weight excluding hydrogens is 394 g/mol. The molecule has 2 N–H and O–H groups in total. The Labute approximate surface area is 178 Å². The van der Waals surface area contributed by atoms with Crippen LogP contribution >= 0.6 is 0 Å². The van der Waals surface area contributed by atoms with Crippen LogP contribution in [0.4, 0.5) is 5.95 Å². The smallest absolute Gasteiger partial charge is 0.338 e. The number of fused-ring (bicyclic) bond motifs is 2. The topological polar surface area (TPSA) is 94.1 Å². The number of carbonyl (C=O) groups is 1. The average molecular weight is 415 g/mol. The van der Waals surface area contributed by atoms with Gasteiger partial charge in [0.25, 0.3) is 0 Å². The number of benzene rings is 2. The zero-order valence-electron chi connectivity index (χ0n) is 17.1. The molecule has 1 aliphatic heterocycles. The van der Waals surface area contributed by atoms with E-state index in [0.717, 1.165) is 27.8 Å². The van der Waals surface area contributed by atoms with E-state index < -0.39 is 12.0 Å². The van der Waals surface area contributed by atoms with Crippen LogP contribution in [0.25, 0.3) is 16.6 Å². The molecule has 0 fully saturated rings. The zero-order chi connectivity index (χ0) is 21.4. The van der Waals surface area contributed by atoms with E-state index in [4.69, 9.17) is 9.47 Å². The molecule has 4 aromatic rings. The van der Waals surface area contributed by atoms with E-state index in [1.807, 2.05) is 54.7 Å². The predicted molar refractivity (Wildman–Crippen MR) is 117 cm³/mol. The van der Waals surface area contributed by atoms with Crippen molar-refractivity contribution in [2.24, 2.45) is 0 Å². The molecule has 0 unspecified atom stereocenters. The molecule has 3 heterocycles. The lowest BCUT2D eigenvalue weighted by Crippen LogP contribution is -2.29. The van der Waals surface area contributed by atoms with Crippen LogP contribution in [-0.4, -0.2) is 39.4 Å². The highest BCUT2D eigenvalue weighted by atomic mass is 16.5. The second-order valence-corrected chi connectivity index (χ2v) is 7.09. The first-order chi connectivity index (χ1) is 15.2. The van der Waals surface area contributed by atoms with Gasteiger partial charge in [0.1, 0.15) is 18.1 Å². The molecular formula is C23H21N5O3. The Morgan fingerprint density at radius 1 is 1.19 bits per heavy atom. The fourth-order valence-electron chi connectivity index (χ4n) is 3.98. The molecule has 1 aliphatic rings. The van der Waals surface area contributed by atoms with Gasteiger partial charge in [0, 0.05) is 22.7 Å². The Morgan fingerprint density at radius 2 is 2.03 bits per heavy atom. The van der Waals surface area contributed by atoms with E-state index >= 15 is 0 Å². The van der Waals surface area contributed by atoms with E-state index in [1.54, 1.807) is 18.7 Å². The van der Waals surface area contributed by atoms with Crippen molar-refractivity contribution in [1.29, 1.82) is 0 Å². The summed E-state index contributed by atoms with van der Waals surface area (Å²) in [7, 11) is 1.63. The molecule has 0 bridgehead atoms. The van der Waals surface area contributed by atoms with E-state index in [-0.39, 0.29) is 6.61 Å². The molecule has 156 valence electrons. The van der Waals surface area contributed by atoms with Crippen LogP contribution in [0.2, 0.25) is 0 Å². The summed E-state index contributed by atoms with van der Waals surface area (Å²) in [6, 6.07) is 14.9. The second kappa shape index (κ2) is 7.64. The summed E-state index contributed by atoms with van der Waals surface area (Å²) in [6.45, 7) is 2.06. The summed E-state index contributed by atoms with van der Waals surface area (Å²) < 4.78 is 12.6. The molecule has 2 aromatic carbocycles. The van der Waals surface area contributed by atoms with Gasteiger partial charge in [-0.3, -0.25) is 0 Å². The van der Waals surface area contributed by atoms with E-state index in [2.05, 4.69) is 20.4 Å². The number of hydrogen-bond donors (Lipinski definition) is 2. The van der Waals surface area contributed by atoms with Crippen molar-refractivity contribution < 1.29 is 14.3 Å². The minimum atomic E-state index is -0.533. The molecule has 1 atom stereocenters. The Bertz CT molecular complexity index is 1290. The van der Waals surface area contributed by atoms with Gasteiger partial charge < -0.3 is 19.8 Å². The maximum absolute atomic E-state index is 13.3. The molecule has 0 saturated heterocycles. The molecule has 2 aromatic heterocycles. The molecule has 0 spiro atoms. The standard InChI is InChI=1S/C23H21N5O3/c1-3-31-22(29)19-20(14-7-5-4-6-8-14)27-23-25-13-26-28(23)21(19)17-12-24-18-10-9-15(30-2)11-16(17)18/h4-13,21,24H,3H2,1-2H3,(H,25,26,27)/t21-/m0/s1. The lowest BCUT2D eigenvalue weighted by molar-refractivity contribution is -0.138. The Morgan fingerprint density at radius 3 is 2.81 bits per heavy atom. The van der Waals surface area contributed by atoms with Crippen LogP contribution in [0, 0.1) is 0 Å². The number of H-pyrrole nitrogens is 1. The Hall–Kier alpha value is -4.07. The van der Waals surface area contributed by atoms with Crippen molar-refractivity contribution in [2.45, 2.75) is 13.0 Å². The van der Waals surface area contributed by atoms with Crippen molar-refractivity contribution in [2.75, 3.05) is 19.0 Å². The normalized spacial score (nSPS) is 15.5. The van der Waals surface area contributed by atoms with Gasteiger partial charge >= 0.3 is 5.97 Å². The zero-order valence-corrected chi connectivity index (χ0v) is 17.1. The molecule has 0 amide bonds. The SMILES string of the molecule is CCOC(=O)C1=C(c2ccccc2)Nc2ncnn2[C@H]1c1c[nH]c2ccc(OC)cc12. The first-order valence-electron chi connectivity index (χ1n) is 9.99. The number of methoxy groups -OCH3 is 1. The largest absolute Gasteiger partial charge is 0.497 e. The molecule has 8 heteroatoms. The Kier molecular flexibility index (Phi) is 4.66. The highest BCUT2D eigenvalue weighted by Gasteiger charge is 2.37.